The van der Waals surface area contributed by atoms with Crippen molar-refractivity contribution in [2.45, 2.75) is 12.6 Å². The lowest BCUT2D eigenvalue weighted by Crippen LogP contribution is -2.30. The molecule has 0 radical (unpaired) electrons. The summed E-state index contributed by atoms with van der Waals surface area (Å²) in [7, 11) is 0. The van der Waals surface area contributed by atoms with Crippen LogP contribution in [0.25, 0.3) is 0 Å². The SMILES string of the molecule is OC1CNCC1CNCc1ccc(Cl)cc1Br. The zero-order valence-electron chi connectivity index (χ0n) is 9.42. The third-order valence-electron chi connectivity index (χ3n) is 3.04. The molecule has 0 amide bonds. The first kappa shape index (κ1) is 13.3. The van der Waals surface area contributed by atoms with Gasteiger partial charge in [0.15, 0.2) is 0 Å². The van der Waals surface area contributed by atoms with E-state index in [1.165, 1.54) is 5.56 Å². The van der Waals surface area contributed by atoms with Crippen LogP contribution in [0.1, 0.15) is 5.56 Å². The van der Waals surface area contributed by atoms with Gasteiger partial charge in [0.2, 0.25) is 0 Å². The normalized spacial score (nSPS) is 24.2. The molecule has 94 valence electrons. The minimum atomic E-state index is -0.226. The lowest BCUT2D eigenvalue weighted by atomic mass is 10.1. The van der Waals surface area contributed by atoms with Gasteiger partial charge < -0.3 is 15.7 Å². The summed E-state index contributed by atoms with van der Waals surface area (Å²) in [5, 5.41) is 16.9. The van der Waals surface area contributed by atoms with Crippen LogP contribution in [0.3, 0.4) is 0 Å². The van der Waals surface area contributed by atoms with Crippen LogP contribution in [0.5, 0.6) is 0 Å². The van der Waals surface area contributed by atoms with Crippen molar-refractivity contribution in [3.05, 3.63) is 33.3 Å². The van der Waals surface area contributed by atoms with E-state index in [1.54, 1.807) is 0 Å². The molecule has 1 aliphatic rings. The summed E-state index contributed by atoms with van der Waals surface area (Å²) >= 11 is 9.37. The maximum Gasteiger partial charge on any atom is 0.0716 e. The lowest BCUT2D eigenvalue weighted by molar-refractivity contribution is 0.146. The number of halogens is 2. The average molecular weight is 320 g/mol. The summed E-state index contributed by atoms with van der Waals surface area (Å²) < 4.78 is 1.02. The molecule has 2 unspecified atom stereocenters. The van der Waals surface area contributed by atoms with E-state index in [0.717, 1.165) is 29.1 Å². The Kier molecular flexibility index (Phi) is 4.82. The zero-order valence-corrected chi connectivity index (χ0v) is 11.8. The molecular weight excluding hydrogens is 304 g/mol. The quantitative estimate of drug-likeness (QED) is 0.792. The minimum Gasteiger partial charge on any atom is -0.391 e. The van der Waals surface area contributed by atoms with Crippen molar-refractivity contribution < 1.29 is 5.11 Å². The molecule has 2 rings (SSSR count). The summed E-state index contributed by atoms with van der Waals surface area (Å²) in [5.74, 6) is 0.307. The van der Waals surface area contributed by atoms with Crippen LogP contribution in [0, 0.1) is 5.92 Å². The fourth-order valence-corrected chi connectivity index (χ4v) is 2.81. The van der Waals surface area contributed by atoms with Gasteiger partial charge in [-0.2, -0.15) is 0 Å². The summed E-state index contributed by atoms with van der Waals surface area (Å²) in [6, 6.07) is 5.78. The van der Waals surface area contributed by atoms with Crippen LogP contribution in [-0.4, -0.2) is 30.8 Å². The summed E-state index contributed by atoms with van der Waals surface area (Å²) in [6.45, 7) is 3.19. The molecule has 1 fully saturated rings. The Bertz CT molecular complexity index is 389. The molecule has 0 aliphatic carbocycles. The van der Waals surface area contributed by atoms with Crippen LogP contribution < -0.4 is 10.6 Å². The van der Waals surface area contributed by atoms with Gasteiger partial charge in [-0.05, 0) is 17.7 Å². The first-order valence-electron chi connectivity index (χ1n) is 5.70. The van der Waals surface area contributed by atoms with Gasteiger partial charge in [-0.1, -0.05) is 33.6 Å². The number of aliphatic hydroxyl groups is 1. The number of β-amino-alcohol motifs (C(OH)–C–C–N with tert-alkyl or cyclic N) is 1. The number of aliphatic hydroxyl groups excluding tert-OH is 1. The van der Waals surface area contributed by atoms with E-state index in [9.17, 15) is 5.11 Å². The monoisotopic (exact) mass is 318 g/mol. The van der Waals surface area contributed by atoms with Crippen molar-refractivity contribution in [1.82, 2.24) is 10.6 Å². The van der Waals surface area contributed by atoms with Crippen molar-refractivity contribution in [2.75, 3.05) is 19.6 Å². The molecule has 5 heteroatoms. The van der Waals surface area contributed by atoms with E-state index in [1.807, 2.05) is 18.2 Å². The largest absolute Gasteiger partial charge is 0.391 e. The second kappa shape index (κ2) is 6.16. The molecule has 0 aromatic heterocycles. The van der Waals surface area contributed by atoms with Crippen LogP contribution >= 0.6 is 27.5 Å². The summed E-state index contributed by atoms with van der Waals surface area (Å²) in [4.78, 5) is 0. The van der Waals surface area contributed by atoms with E-state index in [4.69, 9.17) is 11.6 Å². The van der Waals surface area contributed by atoms with E-state index in [0.29, 0.717) is 12.5 Å². The number of hydrogen-bond acceptors (Lipinski definition) is 3. The molecule has 3 N–H and O–H groups in total. The molecule has 17 heavy (non-hydrogen) atoms. The van der Waals surface area contributed by atoms with Crippen molar-refractivity contribution in [3.8, 4) is 0 Å². The number of nitrogens with one attached hydrogen (secondary N) is 2. The van der Waals surface area contributed by atoms with Crippen molar-refractivity contribution >= 4 is 27.5 Å². The van der Waals surface area contributed by atoms with Gasteiger partial charge in [-0.15, -0.1) is 0 Å². The van der Waals surface area contributed by atoms with Gasteiger partial charge in [-0.25, -0.2) is 0 Å². The fourth-order valence-electron chi connectivity index (χ4n) is 1.98. The Morgan fingerprint density at radius 3 is 2.94 bits per heavy atom. The Labute approximate surface area is 115 Å². The predicted molar refractivity (Wildman–Crippen MR) is 73.2 cm³/mol. The molecule has 1 aliphatic heterocycles. The van der Waals surface area contributed by atoms with Crippen molar-refractivity contribution in [2.24, 2.45) is 5.92 Å². The molecule has 0 saturated carbocycles. The molecule has 1 saturated heterocycles. The maximum absolute atomic E-state index is 9.65. The Hall–Kier alpha value is -0.130. The molecule has 3 nitrogen and oxygen atoms in total. The zero-order chi connectivity index (χ0) is 12.3. The van der Waals surface area contributed by atoms with Crippen LogP contribution in [0.4, 0.5) is 0 Å². The molecule has 1 heterocycles. The summed E-state index contributed by atoms with van der Waals surface area (Å²) in [6.07, 6.45) is -0.226. The van der Waals surface area contributed by atoms with Gasteiger partial charge in [0, 0.05) is 41.6 Å². The molecule has 0 spiro atoms. The lowest BCUT2D eigenvalue weighted by Gasteiger charge is -2.14. The second-order valence-electron chi connectivity index (χ2n) is 4.35. The Morgan fingerprint density at radius 1 is 1.47 bits per heavy atom. The Morgan fingerprint density at radius 2 is 2.29 bits per heavy atom. The first-order valence-corrected chi connectivity index (χ1v) is 6.87. The van der Waals surface area contributed by atoms with E-state index >= 15 is 0 Å². The van der Waals surface area contributed by atoms with Gasteiger partial charge in [-0.3, -0.25) is 0 Å². The van der Waals surface area contributed by atoms with E-state index in [2.05, 4.69) is 26.6 Å². The van der Waals surface area contributed by atoms with Crippen molar-refractivity contribution in [1.29, 1.82) is 0 Å². The van der Waals surface area contributed by atoms with Gasteiger partial charge in [0.05, 0.1) is 6.10 Å². The van der Waals surface area contributed by atoms with Crippen LogP contribution in [0.2, 0.25) is 5.02 Å². The first-order chi connectivity index (χ1) is 8.16. The third kappa shape index (κ3) is 3.66. The predicted octanol–water partition coefficient (Wildman–Crippen LogP) is 1.77. The molecule has 1 aromatic carbocycles. The fraction of sp³-hybridized carbons (Fsp3) is 0.500. The summed E-state index contributed by atoms with van der Waals surface area (Å²) in [5.41, 5.74) is 1.18. The van der Waals surface area contributed by atoms with Crippen LogP contribution in [-0.2, 0) is 6.54 Å². The smallest absolute Gasteiger partial charge is 0.0716 e. The minimum absolute atomic E-state index is 0.226. The highest BCUT2D eigenvalue weighted by Gasteiger charge is 2.23. The van der Waals surface area contributed by atoms with Gasteiger partial charge in [0.25, 0.3) is 0 Å². The molecular formula is C12H16BrClN2O. The van der Waals surface area contributed by atoms with Crippen LogP contribution in [0.15, 0.2) is 22.7 Å². The third-order valence-corrected chi connectivity index (χ3v) is 4.01. The maximum atomic E-state index is 9.65. The molecule has 0 bridgehead atoms. The average Bonchev–Trinajstić information content (AvgIpc) is 2.68. The van der Waals surface area contributed by atoms with Crippen molar-refractivity contribution in [3.63, 3.8) is 0 Å². The van der Waals surface area contributed by atoms with E-state index < -0.39 is 0 Å². The number of hydrogen-bond donors (Lipinski definition) is 3. The standard InChI is InChI=1S/C12H16BrClN2O/c13-11-3-10(14)2-1-8(11)4-15-5-9-6-16-7-12(9)17/h1-3,9,12,15-17H,4-7H2. The van der Waals surface area contributed by atoms with E-state index in [-0.39, 0.29) is 6.10 Å². The van der Waals surface area contributed by atoms with Gasteiger partial charge in [0.1, 0.15) is 0 Å². The molecule has 2 atom stereocenters. The highest BCUT2D eigenvalue weighted by atomic mass is 79.9. The highest BCUT2D eigenvalue weighted by molar-refractivity contribution is 9.10. The number of benzene rings is 1. The Balaban J connectivity index is 1.81. The van der Waals surface area contributed by atoms with Gasteiger partial charge >= 0.3 is 0 Å². The second-order valence-corrected chi connectivity index (χ2v) is 5.64. The number of rotatable bonds is 4. The molecule has 1 aromatic rings. The topological polar surface area (TPSA) is 44.3 Å². The highest BCUT2D eigenvalue weighted by Crippen LogP contribution is 2.21.